The van der Waals surface area contributed by atoms with Gasteiger partial charge in [0, 0.05) is 17.3 Å². The van der Waals surface area contributed by atoms with Crippen LogP contribution in [0.1, 0.15) is 29.1 Å². The summed E-state index contributed by atoms with van der Waals surface area (Å²) in [5, 5.41) is 10.7. The lowest BCUT2D eigenvalue weighted by atomic mass is 10.0. The summed E-state index contributed by atoms with van der Waals surface area (Å²) in [5.41, 5.74) is 18.8. The second-order valence-electron chi connectivity index (χ2n) is 7.31. The fourth-order valence-corrected chi connectivity index (χ4v) is 3.33. The third kappa shape index (κ3) is 4.55. The van der Waals surface area contributed by atoms with Crippen molar-refractivity contribution >= 4 is 23.1 Å². The maximum absolute atomic E-state index is 13.1. The van der Waals surface area contributed by atoms with Gasteiger partial charge in [-0.25, -0.2) is 9.97 Å². The first-order chi connectivity index (χ1) is 16.0. The van der Waals surface area contributed by atoms with Gasteiger partial charge in [0.25, 0.3) is 5.91 Å². The molecule has 10 heteroatoms. The molecule has 1 atom stereocenters. The van der Waals surface area contributed by atoms with Crippen molar-refractivity contribution in [2.45, 2.75) is 13.0 Å². The summed E-state index contributed by atoms with van der Waals surface area (Å²) >= 11 is 0. The molecule has 4 rings (SSSR count). The molecule has 0 fully saturated rings. The number of aromatic nitrogens is 4. The Bertz CT molecular complexity index is 1280. The van der Waals surface area contributed by atoms with Crippen LogP contribution >= 0.6 is 0 Å². The quantitative estimate of drug-likeness (QED) is 0.171. The standard InChI is InChI=1S/C23H23N9O/c1-13(17-8-5-11-27-32-17)28-23(33)21-22(25)30-19(14-6-3-2-4-7-14)20(29-21)15-9-10-16(24)18(12-15)31-26/h2-13,31H,24,26H2,1H3,(H2,25,30)(H,28,33). The predicted octanol–water partition coefficient (Wildman–Crippen LogP) is 2.54. The fourth-order valence-electron chi connectivity index (χ4n) is 3.33. The molecule has 0 saturated heterocycles. The molecule has 2 aromatic heterocycles. The Labute approximate surface area is 190 Å². The van der Waals surface area contributed by atoms with Crippen LogP contribution in [0.15, 0.2) is 66.9 Å². The van der Waals surface area contributed by atoms with Crippen molar-refractivity contribution in [3.05, 3.63) is 78.2 Å². The van der Waals surface area contributed by atoms with Crippen LogP contribution in [0.2, 0.25) is 0 Å². The minimum absolute atomic E-state index is 0.000459. The lowest BCUT2D eigenvalue weighted by molar-refractivity contribution is 0.0934. The minimum Gasteiger partial charge on any atom is -0.397 e. The number of carbonyl (C=O) groups is 1. The number of nitrogens with zero attached hydrogens (tertiary/aromatic N) is 4. The summed E-state index contributed by atoms with van der Waals surface area (Å²) < 4.78 is 0. The smallest absolute Gasteiger partial charge is 0.274 e. The molecule has 166 valence electrons. The third-order valence-corrected chi connectivity index (χ3v) is 5.05. The van der Waals surface area contributed by atoms with Crippen molar-refractivity contribution in [3.8, 4) is 22.5 Å². The highest BCUT2D eigenvalue weighted by Crippen LogP contribution is 2.33. The molecule has 0 bridgehead atoms. The van der Waals surface area contributed by atoms with E-state index in [0.717, 1.165) is 5.56 Å². The second-order valence-corrected chi connectivity index (χ2v) is 7.31. The highest BCUT2D eigenvalue weighted by molar-refractivity contribution is 5.98. The van der Waals surface area contributed by atoms with Gasteiger partial charge in [0.1, 0.15) is 0 Å². The van der Waals surface area contributed by atoms with E-state index >= 15 is 0 Å². The summed E-state index contributed by atoms with van der Waals surface area (Å²) in [6.45, 7) is 1.80. The molecule has 1 amide bonds. The third-order valence-electron chi connectivity index (χ3n) is 5.05. The lowest BCUT2D eigenvalue weighted by Gasteiger charge is -2.16. The number of hydrazine groups is 1. The number of carbonyl (C=O) groups excluding carboxylic acids is 1. The van der Waals surface area contributed by atoms with Gasteiger partial charge >= 0.3 is 0 Å². The number of nitrogens with one attached hydrogen (secondary N) is 2. The molecular formula is C23H23N9O. The van der Waals surface area contributed by atoms with Crippen molar-refractivity contribution in [2.24, 2.45) is 5.84 Å². The number of hydrogen-bond donors (Lipinski definition) is 5. The Hall–Kier alpha value is -4.57. The molecule has 10 nitrogen and oxygen atoms in total. The number of amides is 1. The number of nitrogens with two attached hydrogens (primary N) is 3. The summed E-state index contributed by atoms with van der Waals surface area (Å²) in [6.07, 6.45) is 1.56. The molecule has 33 heavy (non-hydrogen) atoms. The number of hydrogen-bond acceptors (Lipinski definition) is 9. The normalized spacial score (nSPS) is 11.6. The zero-order valence-corrected chi connectivity index (χ0v) is 17.9. The molecule has 0 aliphatic rings. The van der Waals surface area contributed by atoms with E-state index in [1.807, 2.05) is 30.3 Å². The number of nitrogen functional groups attached to an aromatic ring is 3. The van der Waals surface area contributed by atoms with Gasteiger partial charge in [0.2, 0.25) is 0 Å². The van der Waals surface area contributed by atoms with Crippen molar-refractivity contribution in [3.63, 3.8) is 0 Å². The SMILES string of the molecule is CC(NC(=O)c1nc(-c2ccc(N)c(NN)c2)c(-c2ccccc2)nc1N)c1cccnn1. The Kier molecular flexibility index (Phi) is 6.09. The zero-order valence-electron chi connectivity index (χ0n) is 17.9. The lowest BCUT2D eigenvalue weighted by Crippen LogP contribution is -2.29. The van der Waals surface area contributed by atoms with E-state index in [1.54, 1.807) is 43.5 Å². The number of rotatable bonds is 6. The average Bonchev–Trinajstić information content (AvgIpc) is 2.85. The van der Waals surface area contributed by atoms with Crippen LogP contribution in [-0.4, -0.2) is 26.1 Å². The first-order valence-electron chi connectivity index (χ1n) is 10.2. The molecule has 0 spiro atoms. The second kappa shape index (κ2) is 9.28. The summed E-state index contributed by atoms with van der Waals surface area (Å²) in [6, 6.07) is 17.8. The Morgan fingerprint density at radius 3 is 2.39 bits per heavy atom. The van der Waals surface area contributed by atoms with Crippen LogP contribution < -0.4 is 28.1 Å². The Morgan fingerprint density at radius 2 is 1.70 bits per heavy atom. The van der Waals surface area contributed by atoms with Crippen molar-refractivity contribution in [1.29, 1.82) is 0 Å². The molecule has 2 heterocycles. The summed E-state index contributed by atoms with van der Waals surface area (Å²) in [4.78, 5) is 22.2. The Morgan fingerprint density at radius 1 is 0.939 bits per heavy atom. The van der Waals surface area contributed by atoms with E-state index in [9.17, 15) is 4.79 Å². The molecule has 0 aliphatic carbocycles. The van der Waals surface area contributed by atoms with Gasteiger partial charge in [-0.15, -0.1) is 0 Å². The van der Waals surface area contributed by atoms with Crippen LogP contribution in [0.3, 0.4) is 0 Å². The first kappa shape index (κ1) is 21.7. The van der Waals surface area contributed by atoms with Crippen molar-refractivity contribution < 1.29 is 4.79 Å². The van der Waals surface area contributed by atoms with Crippen molar-refractivity contribution in [1.82, 2.24) is 25.5 Å². The van der Waals surface area contributed by atoms with Gasteiger partial charge in [-0.05, 0) is 31.2 Å². The maximum atomic E-state index is 13.1. The van der Waals surface area contributed by atoms with E-state index in [2.05, 4.69) is 30.9 Å². The molecule has 8 N–H and O–H groups in total. The largest absolute Gasteiger partial charge is 0.397 e. The van der Waals surface area contributed by atoms with Crippen LogP contribution in [0, 0.1) is 0 Å². The summed E-state index contributed by atoms with van der Waals surface area (Å²) in [5.74, 6) is 5.13. The number of anilines is 3. The van der Waals surface area contributed by atoms with Gasteiger partial charge in [-0.2, -0.15) is 10.2 Å². The van der Waals surface area contributed by atoms with Crippen LogP contribution in [-0.2, 0) is 0 Å². The molecule has 4 aromatic rings. The maximum Gasteiger partial charge on any atom is 0.274 e. The highest BCUT2D eigenvalue weighted by Gasteiger charge is 2.22. The van der Waals surface area contributed by atoms with E-state index in [-0.39, 0.29) is 11.5 Å². The predicted molar refractivity (Wildman–Crippen MR) is 127 cm³/mol. The van der Waals surface area contributed by atoms with E-state index in [4.69, 9.17) is 17.3 Å². The van der Waals surface area contributed by atoms with Gasteiger partial charge in [0.05, 0.1) is 34.5 Å². The highest BCUT2D eigenvalue weighted by atomic mass is 16.2. The minimum atomic E-state index is -0.480. The van der Waals surface area contributed by atoms with E-state index in [1.165, 1.54) is 0 Å². The topological polar surface area (TPSA) is 171 Å². The molecule has 0 saturated carbocycles. The van der Waals surface area contributed by atoms with Crippen LogP contribution in [0.4, 0.5) is 17.2 Å². The van der Waals surface area contributed by atoms with Crippen molar-refractivity contribution in [2.75, 3.05) is 16.9 Å². The summed E-state index contributed by atoms with van der Waals surface area (Å²) in [7, 11) is 0. The van der Waals surface area contributed by atoms with Gasteiger partial charge in [0.15, 0.2) is 11.5 Å². The molecule has 0 aliphatic heterocycles. The molecule has 0 radical (unpaired) electrons. The van der Waals surface area contributed by atoms with E-state index < -0.39 is 11.9 Å². The molecular weight excluding hydrogens is 418 g/mol. The van der Waals surface area contributed by atoms with Gasteiger partial charge in [-0.3, -0.25) is 10.6 Å². The van der Waals surface area contributed by atoms with Gasteiger partial charge in [-0.1, -0.05) is 36.4 Å². The fraction of sp³-hybridized carbons (Fsp3) is 0.0870. The van der Waals surface area contributed by atoms with E-state index in [0.29, 0.717) is 34.0 Å². The number of benzene rings is 2. The van der Waals surface area contributed by atoms with Crippen LogP contribution in [0.5, 0.6) is 0 Å². The first-order valence-corrected chi connectivity index (χ1v) is 10.2. The molecule has 1 unspecified atom stereocenters. The molecule has 2 aromatic carbocycles. The van der Waals surface area contributed by atoms with Gasteiger partial charge < -0.3 is 22.2 Å². The van der Waals surface area contributed by atoms with Crippen LogP contribution in [0.25, 0.3) is 22.5 Å². The average molecular weight is 441 g/mol. The Balaban J connectivity index is 1.80. The monoisotopic (exact) mass is 441 g/mol. The zero-order chi connectivity index (χ0) is 23.4.